The SMILES string of the molecule is CC1CCC(CN)C(N2CCN3CCCC3C2)C1. The number of hydrogen-bond acceptors (Lipinski definition) is 3. The highest BCUT2D eigenvalue weighted by atomic mass is 15.3. The maximum Gasteiger partial charge on any atom is 0.0224 e. The van der Waals surface area contributed by atoms with E-state index in [9.17, 15) is 0 Å². The second-order valence-corrected chi connectivity index (χ2v) is 6.81. The van der Waals surface area contributed by atoms with Crippen LogP contribution in [0.3, 0.4) is 0 Å². The molecule has 3 aliphatic rings. The minimum Gasteiger partial charge on any atom is -0.330 e. The lowest BCUT2D eigenvalue weighted by atomic mass is 9.78. The number of fused-ring (bicyclic) bond motifs is 1. The minimum atomic E-state index is 0.758. The third-order valence-electron chi connectivity index (χ3n) is 5.61. The Morgan fingerprint density at radius 3 is 2.72 bits per heavy atom. The molecule has 1 aliphatic carbocycles. The molecular weight excluding hydrogens is 222 g/mol. The predicted octanol–water partition coefficient (Wildman–Crippen LogP) is 1.53. The van der Waals surface area contributed by atoms with E-state index in [0.29, 0.717) is 0 Å². The van der Waals surface area contributed by atoms with Crippen molar-refractivity contribution in [3.8, 4) is 0 Å². The molecule has 2 N–H and O–H groups in total. The summed E-state index contributed by atoms with van der Waals surface area (Å²) in [6, 6.07) is 1.64. The molecule has 3 rings (SSSR count). The molecule has 4 atom stereocenters. The van der Waals surface area contributed by atoms with Crippen LogP contribution in [0.1, 0.15) is 39.0 Å². The lowest BCUT2D eigenvalue weighted by Crippen LogP contribution is -2.57. The van der Waals surface area contributed by atoms with Gasteiger partial charge in [0, 0.05) is 31.7 Å². The molecule has 3 heteroatoms. The summed E-state index contributed by atoms with van der Waals surface area (Å²) in [4.78, 5) is 5.50. The Morgan fingerprint density at radius 2 is 1.89 bits per heavy atom. The quantitative estimate of drug-likeness (QED) is 0.808. The Bertz CT molecular complexity index is 281. The van der Waals surface area contributed by atoms with Crippen LogP contribution in [-0.4, -0.2) is 54.6 Å². The first-order valence-electron chi connectivity index (χ1n) is 7.96. The predicted molar refractivity (Wildman–Crippen MR) is 75.5 cm³/mol. The van der Waals surface area contributed by atoms with Crippen LogP contribution in [0.15, 0.2) is 0 Å². The van der Waals surface area contributed by atoms with Crippen molar-refractivity contribution in [3.63, 3.8) is 0 Å². The van der Waals surface area contributed by atoms with Gasteiger partial charge in [0.2, 0.25) is 0 Å². The van der Waals surface area contributed by atoms with Gasteiger partial charge in [0.05, 0.1) is 0 Å². The first-order valence-corrected chi connectivity index (χ1v) is 7.96. The Morgan fingerprint density at radius 1 is 1.06 bits per heavy atom. The number of piperazine rings is 1. The molecular formula is C15H29N3. The molecule has 3 nitrogen and oxygen atoms in total. The Hall–Kier alpha value is -0.120. The van der Waals surface area contributed by atoms with Crippen LogP contribution in [0.5, 0.6) is 0 Å². The zero-order chi connectivity index (χ0) is 12.5. The maximum absolute atomic E-state index is 6.02. The van der Waals surface area contributed by atoms with Gasteiger partial charge in [0.15, 0.2) is 0 Å². The third-order valence-corrected chi connectivity index (χ3v) is 5.61. The Kier molecular flexibility index (Phi) is 3.92. The zero-order valence-corrected chi connectivity index (χ0v) is 11.9. The van der Waals surface area contributed by atoms with Crippen molar-refractivity contribution in [1.29, 1.82) is 0 Å². The summed E-state index contributed by atoms with van der Waals surface area (Å²) in [6.45, 7) is 8.55. The average molecular weight is 251 g/mol. The molecule has 0 aromatic rings. The minimum absolute atomic E-state index is 0.758. The van der Waals surface area contributed by atoms with E-state index in [1.807, 2.05) is 0 Å². The third kappa shape index (κ3) is 2.45. The smallest absolute Gasteiger partial charge is 0.0224 e. The van der Waals surface area contributed by atoms with Crippen molar-refractivity contribution in [2.24, 2.45) is 17.6 Å². The fourth-order valence-electron chi connectivity index (χ4n) is 4.45. The molecule has 0 bridgehead atoms. The van der Waals surface area contributed by atoms with Crippen LogP contribution in [-0.2, 0) is 0 Å². The zero-order valence-electron chi connectivity index (χ0n) is 11.9. The first-order chi connectivity index (χ1) is 8.78. The van der Waals surface area contributed by atoms with Gasteiger partial charge in [0.1, 0.15) is 0 Å². The summed E-state index contributed by atoms with van der Waals surface area (Å²) in [5.74, 6) is 1.66. The number of rotatable bonds is 2. The fraction of sp³-hybridized carbons (Fsp3) is 1.00. The molecule has 0 spiro atoms. The lowest BCUT2D eigenvalue weighted by molar-refractivity contribution is 0.0238. The van der Waals surface area contributed by atoms with E-state index >= 15 is 0 Å². The Labute approximate surface area is 112 Å². The second-order valence-electron chi connectivity index (χ2n) is 6.81. The summed E-state index contributed by atoms with van der Waals surface area (Å²) in [6.07, 6.45) is 6.97. The van der Waals surface area contributed by atoms with E-state index in [0.717, 1.165) is 30.5 Å². The molecule has 0 aromatic carbocycles. The van der Waals surface area contributed by atoms with Gasteiger partial charge in [-0.25, -0.2) is 0 Å². The van der Waals surface area contributed by atoms with E-state index in [4.69, 9.17) is 5.73 Å². The summed E-state index contributed by atoms with van der Waals surface area (Å²) in [7, 11) is 0. The molecule has 1 saturated carbocycles. The van der Waals surface area contributed by atoms with Gasteiger partial charge >= 0.3 is 0 Å². The number of nitrogens with two attached hydrogens (primary N) is 1. The highest BCUT2D eigenvalue weighted by Gasteiger charge is 2.37. The number of hydrogen-bond donors (Lipinski definition) is 1. The van der Waals surface area contributed by atoms with E-state index in [-0.39, 0.29) is 0 Å². The van der Waals surface area contributed by atoms with E-state index in [1.54, 1.807) is 0 Å². The topological polar surface area (TPSA) is 32.5 Å². The molecule has 104 valence electrons. The highest BCUT2D eigenvalue weighted by molar-refractivity contribution is 4.93. The summed E-state index contributed by atoms with van der Waals surface area (Å²) < 4.78 is 0. The molecule has 18 heavy (non-hydrogen) atoms. The van der Waals surface area contributed by atoms with Crippen molar-refractivity contribution < 1.29 is 0 Å². The van der Waals surface area contributed by atoms with E-state index < -0.39 is 0 Å². The van der Waals surface area contributed by atoms with Crippen molar-refractivity contribution in [3.05, 3.63) is 0 Å². The number of nitrogens with zero attached hydrogens (tertiary/aromatic N) is 2. The fourth-order valence-corrected chi connectivity index (χ4v) is 4.45. The van der Waals surface area contributed by atoms with Crippen LogP contribution >= 0.6 is 0 Å². The van der Waals surface area contributed by atoms with E-state index in [1.165, 1.54) is 58.3 Å². The van der Waals surface area contributed by atoms with Crippen LogP contribution in [0.2, 0.25) is 0 Å². The molecule has 2 aliphatic heterocycles. The van der Waals surface area contributed by atoms with Crippen molar-refractivity contribution in [2.75, 3.05) is 32.7 Å². The Balaban J connectivity index is 1.65. The van der Waals surface area contributed by atoms with Gasteiger partial charge in [0.25, 0.3) is 0 Å². The lowest BCUT2D eigenvalue weighted by Gasteiger charge is -2.47. The molecule has 3 fully saturated rings. The highest BCUT2D eigenvalue weighted by Crippen LogP contribution is 2.34. The van der Waals surface area contributed by atoms with Crippen molar-refractivity contribution in [1.82, 2.24) is 9.80 Å². The van der Waals surface area contributed by atoms with Crippen LogP contribution < -0.4 is 5.73 Å². The molecule has 0 amide bonds. The summed E-state index contributed by atoms with van der Waals surface area (Å²) in [5.41, 5.74) is 6.02. The van der Waals surface area contributed by atoms with Gasteiger partial charge in [-0.3, -0.25) is 9.80 Å². The summed E-state index contributed by atoms with van der Waals surface area (Å²) >= 11 is 0. The van der Waals surface area contributed by atoms with Crippen LogP contribution in [0, 0.1) is 11.8 Å². The average Bonchev–Trinajstić information content (AvgIpc) is 2.85. The molecule has 4 unspecified atom stereocenters. The van der Waals surface area contributed by atoms with Crippen LogP contribution in [0.4, 0.5) is 0 Å². The second kappa shape index (κ2) is 5.48. The monoisotopic (exact) mass is 251 g/mol. The molecule has 0 radical (unpaired) electrons. The van der Waals surface area contributed by atoms with Crippen LogP contribution in [0.25, 0.3) is 0 Å². The molecule has 2 heterocycles. The maximum atomic E-state index is 6.02. The van der Waals surface area contributed by atoms with Gasteiger partial charge in [-0.2, -0.15) is 0 Å². The van der Waals surface area contributed by atoms with Gasteiger partial charge in [-0.1, -0.05) is 13.3 Å². The normalized spacial score (nSPS) is 43.0. The standard InChI is InChI=1S/C15H29N3/c1-12-4-5-13(10-16)15(9-12)18-8-7-17-6-2-3-14(17)11-18/h12-15H,2-11,16H2,1H3. The summed E-state index contributed by atoms with van der Waals surface area (Å²) in [5, 5.41) is 0. The van der Waals surface area contributed by atoms with Gasteiger partial charge in [-0.15, -0.1) is 0 Å². The van der Waals surface area contributed by atoms with E-state index in [2.05, 4.69) is 16.7 Å². The van der Waals surface area contributed by atoms with Crippen molar-refractivity contribution >= 4 is 0 Å². The van der Waals surface area contributed by atoms with Gasteiger partial charge in [-0.05, 0) is 50.6 Å². The molecule has 2 saturated heterocycles. The van der Waals surface area contributed by atoms with Gasteiger partial charge < -0.3 is 5.73 Å². The van der Waals surface area contributed by atoms with Crippen molar-refractivity contribution in [2.45, 2.75) is 51.1 Å². The molecule has 0 aromatic heterocycles. The first kappa shape index (κ1) is 12.9. The largest absolute Gasteiger partial charge is 0.330 e.